The molecule has 0 saturated heterocycles. The SMILES string of the molecule is CCCN(C)C(=O)c1ccc(NN)c([N+](=O)[O-])c1. The number of carbonyl (C=O) groups is 1. The lowest BCUT2D eigenvalue weighted by Crippen LogP contribution is -2.27. The predicted molar refractivity (Wildman–Crippen MR) is 68.2 cm³/mol. The average molecular weight is 252 g/mol. The zero-order valence-electron chi connectivity index (χ0n) is 10.3. The summed E-state index contributed by atoms with van der Waals surface area (Å²) in [6.45, 7) is 2.55. The second-order valence-electron chi connectivity index (χ2n) is 3.86. The number of hydrogen-bond donors (Lipinski definition) is 2. The number of carbonyl (C=O) groups excluding carboxylic acids is 1. The molecule has 0 aliphatic carbocycles. The van der Waals surface area contributed by atoms with Crippen LogP contribution in [0.1, 0.15) is 23.7 Å². The monoisotopic (exact) mass is 252 g/mol. The zero-order chi connectivity index (χ0) is 13.7. The van der Waals surface area contributed by atoms with Crippen LogP contribution in [-0.2, 0) is 0 Å². The number of anilines is 1. The smallest absolute Gasteiger partial charge is 0.294 e. The van der Waals surface area contributed by atoms with Crippen LogP contribution in [0.3, 0.4) is 0 Å². The molecule has 0 atom stereocenters. The fraction of sp³-hybridized carbons (Fsp3) is 0.364. The molecule has 0 heterocycles. The standard InChI is InChI=1S/C11H16N4O3/c1-3-6-14(2)11(16)8-4-5-9(13-12)10(7-8)15(17)18/h4-5,7,13H,3,6,12H2,1-2H3. The van der Waals surface area contributed by atoms with Crippen molar-refractivity contribution in [1.82, 2.24) is 4.90 Å². The van der Waals surface area contributed by atoms with Crippen molar-refractivity contribution in [1.29, 1.82) is 0 Å². The Hall–Kier alpha value is -2.15. The van der Waals surface area contributed by atoms with E-state index >= 15 is 0 Å². The number of nitrogens with one attached hydrogen (secondary N) is 1. The molecule has 18 heavy (non-hydrogen) atoms. The van der Waals surface area contributed by atoms with Gasteiger partial charge in [0.2, 0.25) is 0 Å². The number of nitrogens with two attached hydrogens (primary N) is 1. The van der Waals surface area contributed by atoms with E-state index in [-0.39, 0.29) is 22.8 Å². The number of nitrogens with zero attached hydrogens (tertiary/aromatic N) is 2. The maximum Gasteiger partial charge on any atom is 0.294 e. The van der Waals surface area contributed by atoms with Crippen molar-refractivity contribution >= 4 is 17.3 Å². The molecule has 0 aliphatic heterocycles. The van der Waals surface area contributed by atoms with E-state index in [1.165, 1.54) is 23.1 Å². The van der Waals surface area contributed by atoms with Crippen LogP contribution in [0.15, 0.2) is 18.2 Å². The largest absolute Gasteiger partial charge is 0.342 e. The normalized spacial score (nSPS) is 9.94. The van der Waals surface area contributed by atoms with Gasteiger partial charge in [0.05, 0.1) is 4.92 Å². The molecule has 0 fully saturated rings. The molecule has 7 heteroatoms. The minimum atomic E-state index is -0.578. The number of amides is 1. The van der Waals surface area contributed by atoms with Crippen LogP contribution < -0.4 is 11.3 Å². The maximum absolute atomic E-state index is 12.0. The van der Waals surface area contributed by atoms with Gasteiger partial charge < -0.3 is 10.3 Å². The van der Waals surface area contributed by atoms with E-state index in [1.807, 2.05) is 6.92 Å². The van der Waals surface area contributed by atoms with Gasteiger partial charge in [0, 0.05) is 25.2 Å². The fourth-order valence-corrected chi connectivity index (χ4v) is 1.60. The Morgan fingerprint density at radius 1 is 1.56 bits per heavy atom. The van der Waals surface area contributed by atoms with E-state index in [9.17, 15) is 14.9 Å². The zero-order valence-corrected chi connectivity index (χ0v) is 10.3. The van der Waals surface area contributed by atoms with Crippen LogP contribution in [0.25, 0.3) is 0 Å². The van der Waals surface area contributed by atoms with Crippen molar-refractivity contribution in [2.24, 2.45) is 5.84 Å². The van der Waals surface area contributed by atoms with Crippen LogP contribution in [0.4, 0.5) is 11.4 Å². The van der Waals surface area contributed by atoms with Crippen LogP contribution in [0.2, 0.25) is 0 Å². The molecule has 1 amide bonds. The topological polar surface area (TPSA) is 102 Å². The van der Waals surface area contributed by atoms with Crippen LogP contribution in [0.5, 0.6) is 0 Å². The average Bonchev–Trinajstić information content (AvgIpc) is 2.37. The Bertz CT molecular complexity index is 462. The van der Waals surface area contributed by atoms with Crippen molar-refractivity contribution in [2.45, 2.75) is 13.3 Å². The fourth-order valence-electron chi connectivity index (χ4n) is 1.60. The molecule has 1 aromatic carbocycles. The van der Waals surface area contributed by atoms with Crippen molar-refractivity contribution < 1.29 is 9.72 Å². The molecule has 3 N–H and O–H groups in total. The molecule has 0 radical (unpaired) electrons. The molecule has 98 valence electrons. The Labute approximate surface area is 105 Å². The Morgan fingerprint density at radius 3 is 2.72 bits per heavy atom. The van der Waals surface area contributed by atoms with E-state index in [4.69, 9.17) is 5.84 Å². The minimum Gasteiger partial charge on any atom is -0.342 e. The molecule has 0 saturated carbocycles. The third-order valence-corrected chi connectivity index (χ3v) is 2.50. The van der Waals surface area contributed by atoms with Gasteiger partial charge in [0.25, 0.3) is 11.6 Å². The predicted octanol–water partition coefficient (Wildman–Crippen LogP) is 1.36. The lowest BCUT2D eigenvalue weighted by molar-refractivity contribution is -0.384. The number of nitro groups is 1. The third-order valence-electron chi connectivity index (χ3n) is 2.50. The van der Waals surface area contributed by atoms with E-state index in [2.05, 4.69) is 5.43 Å². The van der Waals surface area contributed by atoms with Gasteiger partial charge in [-0.25, -0.2) is 0 Å². The summed E-state index contributed by atoms with van der Waals surface area (Å²) in [5.41, 5.74) is 2.47. The van der Waals surface area contributed by atoms with Gasteiger partial charge in [-0.15, -0.1) is 0 Å². The molecule has 1 aromatic rings. The van der Waals surface area contributed by atoms with Gasteiger partial charge in [-0.05, 0) is 18.6 Å². The molecule has 0 unspecified atom stereocenters. The Balaban J connectivity index is 3.08. The van der Waals surface area contributed by atoms with Gasteiger partial charge in [-0.2, -0.15) is 0 Å². The van der Waals surface area contributed by atoms with Gasteiger partial charge >= 0.3 is 0 Å². The molecule has 0 aliphatic rings. The highest BCUT2D eigenvalue weighted by atomic mass is 16.6. The first-order valence-electron chi connectivity index (χ1n) is 5.51. The molecule has 0 aromatic heterocycles. The number of nitrogen functional groups attached to an aromatic ring is 1. The minimum absolute atomic E-state index is 0.176. The first-order chi connectivity index (χ1) is 8.51. The molecular formula is C11H16N4O3. The third kappa shape index (κ3) is 2.95. The highest BCUT2D eigenvalue weighted by Gasteiger charge is 2.18. The van der Waals surface area contributed by atoms with E-state index in [1.54, 1.807) is 7.05 Å². The number of hydrazine groups is 1. The summed E-state index contributed by atoms with van der Waals surface area (Å²) in [5, 5.41) is 10.8. The first-order valence-corrected chi connectivity index (χ1v) is 5.51. The van der Waals surface area contributed by atoms with Gasteiger partial charge in [-0.3, -0.25) is 20.8 Å². The van der Waals surface area contributed by atoms with E-state index in [0.717, 1.165) is 6.42 Å². The van der Waals surface area contributed by atoms with Gasteiger partial charge in [0.15, 0.2) is 0 Å². The van der Waals surface area contributed by atoms with E-state index in [0.29, 0.717) is 6.54 Å². The van der Waals surface area contributed by atoms with Crippen molar-refractivity contribution in [3.8, 4) is 0 Å². The summed E-state index contributed by atoms with van der Waals surface area (Å²) in [4.78, 5) is 23.7. The van der Waals surface area contributed by atoms with Gasteiger partial charge in [-0.1, -0.05) is 6.92 Å². The first kappa shape index (κ1) is 13.9. The second kappa shape index (κ2) is 5.97. The van der Waals surface area contributed by atoms with Crippen molar-refractivity contribution in [3.05, 3.63) is 33.9 Å². The maximum atomic E-state index is 12.0. The summed E-state index contributed by atoms with van der Waals surface area (Å²) in [7, 11) is 1.66. The summed E-state index contributed by atoms with van der Waals surface area (Å²) in [6, 6.07) is 4.16. The van der Waals surface area contributed by atoms with Gasteiger partial charge in [0.1, 0.15) is 5.69 Å². The molecule has 0 spiro atoms. The number of benzene rings is 1. The van der Waals surface area contributed by atoms with Crippen LogP contribution >= 0.6 is 0 Å². The summed E-state index contributed by atoms with van der Waals surface area (Å²) in [5.74, 6) is 4.93. The van der Waals surface area contributed by atoms with E-state index < -0.39 is 4.92 Å². The molecule has 7 nitrogen and oxygen atoms in total. The summed E-state index contributed by atoms with van der Waals surface area (Å²) >= 11 is 0. The Morgan fingerprint density at radius 2 is 2.22 bits per heavy atom. The number of rotatable bonds is 5. The Kier molecular flexibility index (Phi) is 4.61. The van der Waals surface area contributed by atoms with Crippen molar-refractivity contribution in [2.75, 3.05) is 19.0 Å². The molecule has 1 rings (SSSR count). The molecule has 0 bridgehead atoms. The molecular weight excluding hydrogens is 236 g/mol. The second-order valence-corrected chi connectivity index (χ2v) is 3.86. The van der Waals surface area contributed by atoms with Crippen LogP contribution in [0, 0.1) is 10.1 Å². The highest BCUT2D eigenvalue weighted by molar-refractivity contribution is 5.95. The summed E-state index contributed by atoms with van der Waals surface area (Å²) in [6.07, 6.45) is 0.826. The lowest BCUT2D eigenvalue weighted by atomic mass is 10.1. The quantitative estimate of drug-likeness (QED) is 0.468. The lowest BCUT2D eigenvalue weighted by Gasteiger charge is -2.16. The number of nitro benzene ring substituents is 1. The van der Waals surface area contributed by atoms with Crippen LogP contribution in [-0.4, -0.2) is 29.3 Å². The highest BCUT2D eigenvalue weighted by Crippen LogP contribution is 2.25. The van der Waals surface area contributed by atoms with Crippen molar-refractivity contribution in [3.63, 3.8) is 0 Å². The summed E-state index contributed by atoms with van der Waals surface area (Å²) < 4.78 is 0. The number of hydrogen-bond acceptors (Lipinski definition) is 5.